The van der Waals surface area contributed by atoms with Crippen molar-refractivity contribution in [2.75, 3.05) is 39.0 Å². The van der Waals surface area contributed by atoms with Gasteiger partial charge in [-0.15, -0.1) is 6.42 Å². The van der Waals surface area contributed by atoms with Gasteiger partial charge in [0.05, 0.1) is 36.0 Å². The molecule has 1 amide bonds. The summed E-state index contributed by atoms with van der Waals surface area (Å²) in [6.45, 7) is 6.97. The molecule has 4 aromatic rings. The van der Waals surface area contributed by atoms with Crippen LogP contribution in [0.2, 0.25) is 0 Å². The number of carbonyl (C=O) groups is 1. The number of ether oxygens (including phenoxy) is 4. The normalized spacial score (nSPS) is 18.0. The number of methoxy groups -OCH3 is 2. The van der Waals surface area contributed by atoms with Crippen molar-refractivity contribution in [3.63, 3.8) is 0 Å². The minimum absolute atomic E-state index is 0.0235. The molecular weight excluding hydrogens is 563 g/mol. The average Bonchev–Trinajstić information content (AvgIpc) is 3.27. The van der Waals surface area contributed by atoms with Gasteiger partial charge >= 0.3 is 6.09 Å². The van der Waals surface area contributed by atoms with E-state index in [1.807, 2.05) is 37.8 Å². The van der Waals surface area contributed by atoms with Crippen LogP contribution in [-0.4, -0.2) is 72.7 Å². The second kappa shape index (κ2) is 11.5. The maximum Gasteiger partial charge on any atom is 0.410 e. The third-order valence-corrected chi connectivity index (χ3v) is 8.08. The van der Waals surface area contributed by atoms with Crippen LogP contribution < -0.4 is 14.4 Å². The molecule has 2 unspecified atom stereocenters. The number of carbonyl (C=O) groups excluding carboxylic acids is 1. The number of hydrogen-bond donors (Lipinski definition) is 0. The molecular formula is C34H35FN4O5. The van der Waals surface area contributed by atoms with E-state index >= 15 is 0 Å². The summed E-state index contributed by atoms with van der Waals surface area (Å²) in [5, 5.41) is 1.30. The van der Waals surface area contributed by atoms with E-state index in [9.17, 15) is 9.18 Å². The van der Waals surface area contributed by atoms with Gasteiger partial charge in [-0.05, 0) is 68.8 Å². The zero-order valence-electron chi connectivity index (χ0n) is 25.5. The van der Waals surface area contributed by atoms with Gasteiger partial charge < -0.3 is 23.8 Å². The van der Waals surface area contributed by atoms with Gasteiger partial charge in [-0.2, -0.15) is 0 Å². The van der Waals surface area contributed by atoms with E-state index in [1.54, 1.807) is 38.6 Å². The fourth-order valence-electron chi connectivity index (χ4n) is 6.27. The van der Waals surface area contributed by atoms with E-state index < -0.39 is 11.4 Å². The standard InChI is InChI=1S/C34H35FN4O5/c1-7-25-27(35)11-8-20-12-24(43-19-41-5)14-26(31(20)25)21-13-28-32(36-16-21)29(15-30(37-28)42-6)38-17-22-9-10-23(18-38)39(22)33(40)44-34(2,3)4/h1,8,11-16,22-23H,9-10,17-19H2,2-6H3. The molecule has 0 radical (unpaired) electrons. The van der Waals surface area contributed by atoms with Crippen molar-refractivity contribution in [3.8, 4) is 35.1 Å². The highest BCUT2D eigenvalue weighted by Gasteiger charge is 2.44. The number of benzene rings is 2. The lowest BCUT2D eigenvalue weighted by Gasteiger charge is -2.42. The molecule has 2 aromatic carbocycles. The van der Waals surface area contributed by atoms with E-state index in [1.165, 1.54) is 6.07 Å². The molecule has 10 heteroatoms. The summed E-state index contributed by atoms with van der Waals surface area (Å²) in [4.78, 5) is 26.8. The van der Waals surface area contributed by atoms with Crippen molar-refractivity contribution in [1.82, 2.24) is 14.9 Å². The van der Waals surface area contributed by atoms with E-state index in [0.29, 0.717) is 52.3 Å². The Morgan fingerprint density at radius 1 is 1.11 bits per heavy atom. The predicted octanol–water partition coefficient (Wildman–Crippen LogP) is 6.15. The van der Waals surface area contributed by atoms with Gasteiger partial charge in [0.1, 0.15) is 22.7 Å². The molecule has 0 aliphatic carbocycles. The highest BCUT2D eigenvalue weighted by Crippen LogP contribution is 2.40. The average molecular weight is 599 g/mol. The smallest absolute Gasteiger partial charge is 0.410 e. The van der Waals surface area contributed by atoms with Crippen LogP contribution in [0.3, 0.4) is 0 Å². The predicted molar refractivity (Wildman–Crippen MR) is 167 cm³/mol. The van der Waals surface area contributed by atoms with Crippen LogP contribution in [0.1, 0.15) is 39.2 Å². The molecule has 2 aromatic heterocycles. The van der Waals surface area contributed by atoms with Crippen molar-refractivity contribution < 1.29 is 28.1 Å². The Balaban J connectivity index is 1.42. The summed E-state index contributed by atoms with van der Waals surface area (Å²) in [5.41, 5.74) is 3.12. The number of fused-ring (bicyclic) bond motifs is 4. The van der Waals surface area contributed by atoms with Crippen LogP contribution in [0.4, 0.5) is 14.9 Å². The Labute approximate surface area is 255 Å². The zero-order valence-corrected chi connectivity index (χ0v) is 25.5. The number of halogens is 1. The first-order valence-electron chi connectivity index (χ1n) is 14.6. The van der Waals surface area contributed by atoms with Crippen LogP contribution >= 0.6 is 0 Å². The van der Waals surface area contributed by atoms with Crippen molar-refractivity contribution in [2.24, 2.45) is 0 Å². The molecule has 2 fully saturated rings. The van der Waals surface area contributed by atoms with Gasteiger partial charge in [-0.25, -0.2) is 14.2 Å². The summed E-state index contributed by atoms with van der Waals surface area (Å²) in [6, 6.07) is 10.5. The highest BCUT2D eigenvalue weighted by molar-refractivity contribution is 6.03. The fraction of sp³-hybridized carbons (Fsp3) is 0.382. The third-order valence-electron chi connectivity index (χ3n) is 8.08. The number of rotatable bonds is 6. The third kappa shape index (κ3) is 5.44. The number of anilines is 1. The zero-order chi connectivity index (χ0) is 31.2. The Morgan fingerprint density at radius 3 is 2.52 bits per heavy atom. The molecule has 6 rings (SSSR count). The molecule has 228 valence electrons. The number of piperazine rings is 1. The molecule has 2 atom stereocenters. The largest absolute Gasteiger partial charge is 0.481 e. The summed E-state index contributed by atoms with van der Waals surface area (Å²) in [6.07, 6.45) is 9.06. The molecule has 0 saturated carbocycles. The maximum atomic E-state index is 14.9. The van der Waals surface area contributed by atoms with Crippen LogP contribution in [0.5, 0.6) is 11.6 Å². The minimum atomic E-state index is -0.558. The summed E-state index contributed by atoms with van der Waals surface area (Å²) < 4.78 is 37.1. The van der Waals surface area contributed by atoms with Gasteiger partial charge in [0.2, 0.25) is 5.88 Å². The van der Waals surface area contributed by atoms with E-state index in [-0.39, 0.29) is 30.5 Å². The molecule has 44 heavy (non-hydrogen) atoms. The van der Waals surface area contributed by atoms with Crippen molar-refractivity contribution in [2.45, 2.75) is 51.3 Å². The number of aromatic nitrogens is 2. The fourth-order valence-corrected chi connectivity index (χ4v) is 6.27. The molecule has 2 aliphatic heterocycles. The number of nitrogens with zero attached hydrogens (tertiary/aromatic N) is 4. The van der Waals surface area contributed by atoms with E-state index in [2.05, 4.69) is 10.8 Å². The summed E-state index contributed by atoms with van der Waals surface area (Å²) >= 11 is 0. The molecule has 0 spiro atoms. The number of amides is 1. The van der Waals surface area contributed by atoms with Gasteiger partial charge in [-0.3, -0.25) is 9.88 Å². The molecule has 9 nitrogen and oxygen atoms in total. The Bertz CT molecular complexity index is 1780. The van der Waals surface area contributed by atoms with Crippen LogP contribution in [0.25, 0.3) is 32.9 Å². The number of hydrogen-bond acceptors (Lipinski definition) is 8. The Kier molecular flexibility index (Phi) is 7.68. The number of pyridine rings is 2. The quantitative estimate of drug-likeness (QED) is 0.193. The second-order valence-corrected chi connectivity index (χ2v) is 12.1. The van der Waals surface area contributed by atoms with Crippen LogP contribution in [0, 0.1) is 18.2 Å². The Morgan fingerprint density at radius 2 is 1.86 bits per heavy atom. The van der Waals surface area contributed by atoms with Gasteiger partial charge in [0.15, 0.2) is 6.79 Å². The van der Waals surface area contributed by atoms with Crippen LogP contribution in [-0.2, 0) is 9.47 Å². The van der Waals surface area contributed by atoms with E-state index in [0.717, 1.165) is 23.9 Å². The molecule has 2 saturated heterocycles. The minimum Gasteiger partial charge on any atom is -0.481 e. The second-order valence-electron chi connectivity index (χ2n) is 12.1. The number of terminal acetylenes is 1. The lowest BCUT2D eigenvalue weighted by atomic mass is 9.94. The first-order chi connectivity index (χ1) is 21.1. The Hall–Kier alpha value is -4.62. The van der Waals surface area contributed by atoms with Gasteiger partial charge in [0.25, 0.3) is 0 Å². The lowest BCUT2D eigenvalue weighted by Crippen LogP contribution is -2.56. The highest BCUT2D eigenvalue weighted by atomic mass is 19.1. The SMILES string of the molecule is C#Cc1c(F)ccc2cc(OCOC)cc(-c3cnc4c(N5CC6CCC(C5)N6C(=O)OC(C)(C)C)cc(OC)nc4c3)c12. The molecule has 2 bridgehead atoms. The summed E-state index contributed by atoms with van der Waals surface area (Å²) in [5.74, 6) is 3.01. The molecule has 2 aliphatic rings. The van der Waals surface area contributed by atoms with E-state index in [4.69, 9.17) is 35.3 Å². The van der Waals surface area contributed by atoms with Crippen LogP contribution in [0.15, 0.2) is 42.6 Å². The van der Waals surface area contributed by atoms with Gasteiger partial charge in [0, 0.05) is 43.4 Å². The lowest BCUT2D eigenvalue weighted by molar-refractivity contribution is 0.0123. The molecule has 4 heterocycles. The molecule has 0 N–H and O–H groups in total. The first kappa shape index (κ1) is 29.5. The monoisotopic (exact) mass is 598 g/mol. The first-order valence-corrected chi connectivity index (χ1v) is 14.6. The topological polar surface area (TPSA) is 86.3 Å². The van der Waals surface area contributed by atoms with Gasteiger partial charge in [-0.1, -0.05) is 12.0 Å². The maximum absolute atomic E-state index is 14.9. The van der Waals surface area contributed by atoms with Crippen molar-refractivity contribution in [1.29, 1.82) is 0 Å². The van der Waals surface area contributed by atoms with Crippen molar-refractivity contribution >= 4 is 33.6 Å². The summed E-state index contributed by atoms with van der Waals surface area (Å²) in [7, 11) is 3.12. The van der Waals surface area contributed by atoms with Crippen molar-refractivity contribution in [3.05, 3.63) is 54.0 Å².